The van der Waals surface area contributed by atoms with Gasteiger partial charge in [0.25, 0.3) is 5.91 Å². The molecular weight excluding hydrogens is 426 g/mol. The highest BCUT2D eigenvalue weighted by atomic mass is 35.5. The SMILES string of the molecule is CCOc1ccc2nc(N(CCN(C)C)C(=O)c3ccccc3SC)sc2c1.Cl. The Morgan fingerprint density at radius 3 is 2.62 bits per heavy atom. The van der Waals surface area contributed by atoms with Crippen LogP contribution in [0.1, 0.15) is 17.3 Å². The summed E-state index contributed by atoms with van der Waals surface area (Å²) in [5.41, 5.74) is 1.59. The number of ether oxygens (including phenoxy) is 1. The Bertz CT molecular complexity index is 962. The van der Waals surface area contributed by atoms with Crippen molar-refractivity contribution in [3.63, 3.8) is 0 Å². The van der Waals surface area contributed by atoms with Crippen LogP contribution in [0.2, 0.25) is 0 Å². The maximum absolute atomic E-state index is 13.4. The Morgan fingerprint density at radius 2 is 1.93 bits per heavy atom. The average molecular weight is 452 g/mol. The van der Waals surface area contributed by atoms with E-state index in [1.54, 1.807) is 16.7 Å². The molecule has 8 heteroatoms. The number of thiazole rings is 1. The lowest BCUT2D eigenvalue weighted by Gasteiger charge is -2.22. The summed E-state index contributed by atoms with van der Waals surface area (Å²) in [4.78, 5) is 23.0. The quantitative estimate of drug-likeness (QED) is 0.448. The van der Waals surface area contributed by atoms with E-state index in [9.17, 15) is 4.79 Å². The molecule has 5 nitrogen and oxygen atoms in total. The number of benzene rings is 2. The van der Waals surface area contributed by atoms with Gasteiger partial charge in [-0.3, -0.25) is 9.69 Å². The molecule has 0 atom stereocenters. The summed E-state index contributed by atoms with van der Waals surface area (Å²) in [5.74, 6) is 0.806. The largest absolute Gasteiger partial charge is 0.494 e. The van der Waals surface area contributed by atoms with Crippen molar-refractivity contribution >= 4 is 56.8 Å². The number of hydrogen-bond acceptors (Lipinski definition) is 6. The minimum absolute atomic E-state index is 0. The predicted octanol–water partition coefficient (Wildman–Crippen LogP) is 5.05. The lowest BCUT2D eigenvalue weighted by atomic mass is 10.2. The second kappa shape index (κ2) is 10.8. The molecule has 1 amide bonds. The van der Waals surface area contributed by atoms with Gasteiger partial charge < -0.3 is 9.64 Å². The van der Waals surface area contributed by atoms with Gasteiger partial charge in [-0.25, -0.2) is 4.98 Å². The molecule has 29 heavy (non-hydrogen) atoms. The number of rotatable bonds is 8. The van der Waals surface area contributed by atoms with Gasteiger partial charge in [0.2, 0.25) is 0 Å². The third kappa shape index (κ3) is 5.63. The predicted molar refractivity (Wildman–Crippen MR) is 126 cm³/mol. The van der Waals surface area contributed by atoms with E-state index in [0.717, 1.165) is 27.4 Å². The summed E-state index contributed by atoms with van der Waals surface area (Å²) >= 11 is 3.10. The molecule has 3 aromatic rings. The van der Waals surface area contributed by atoms with Crippen LogP contribution in [0.25, 0.3) is 10.2 Å². The van der Waals surface area contributed by atoms with Crippen LogP contribution in [0.3, 0.4) is 0 Å². The number of thioether (sulfide) groups is 1. The summed E-state index contributed by atoms with van der Waals surface area (Å²) in [7, 11) is 4.01. The van der Waals surface area contributed by atoms with Gasteiger partial charge in [-0.2, -0.15) is 0 Å². The highest BCUT2D eigenvalue weighted by molar-refractivity contribution is 7.98. The Morgan fingerprint density at radius 1 is 1.17 bits per heavy atom. The van der Waals surface area contributed by atoms with Crippen LogP contribution in [-0.4, -0.2) is 55.8 Å². The van der Waals surface area contributed by atoms with Gasteiger partial charge in [-0.1, -0.05) is 23.5 Å². The lowest BCUT2D eigenvalue weighted by molar-refractivity contribution is 0.0982. The minimum atomic E-state index is -0.0177. The first-order chi connectivity index (χ1) is 13.5. The van der Waals surface area contributed by atoms with E-state index in [4.69, 9.17) is 9.72 Å². The first kappa shape index (κ1) is 23.5. The Hall–Kier alpha value is -1.80. The second-order valence-corrected chi connectivity index (χ2v) is 8.38. The van der Waals surface area contributed by atoms with Crippen LogP contribution in [0.5, 0.6) is 5.75 Å². The zero-order chi connectivity index (χ0) is 20.1. The first-order valence-corrected chi connectivity index (χ1v) is 11.2. The molecule has 0 saturated carbocycles. The van der Waals surface area contributed by atoms with Gasteiger partial charge in [0.1, 0.15) is 5.75 Å². The number of likely N-dealkylation sites (N-methyl/N-ethyl adjacent to an activating group) is 1. The number of halogens is 1. The van der Waals surface area contributed by atoms with Crippen molar-refractivity contribution in [3.8, 4) is 5.75 Å². The molecule has 0 N–H and O–H groups in total. The van der Waals surface area contributed by atoms with Crippen LogP contribution in [-0.2, 0) is 0 Å². The highest BCUT2D eigenvalue weighted by Crippen LogP contribution is 2.33. The van der Waals surface area contributed by atoms with Gasteiger partial charge in [-0.05, 0) is 57.6 Å². The molecule has 0 fully saturated rings. The second-order valence-electron chi connectivity index (χ2n) is 6.52. The maximum Gasteiger partial charge on any atom is 0.261 e. The van der Waals surface area contributed by atoms with Crippen molar-refractivity contribution in [2.45, 2.75) is 11.8 Å². The molecule has 0 aliphatic rings. The van der Waals surface area contributed by atoms with Gasteiger partial charge >= 0.3 is 0 Å². The molecule has 0 unspecified atom stereocenters. The Balaban J connectivity index is 0.00000300. The molecule has 0 saturated heterocycles. The monoisotopic (exact) mass is 451 g/mol. The third-order valence-electron chi connectivity index (χ3n) is 4.24. The van der Waals surface area contributed by atoms with Crippen molar-refractivity contribution in [2.24, 2.45) is 0 Å². The van der Waals surface area contributed by atoms with Crippen LogP contribution in [0, 0.1) is 0 Å². The fourth-order valence-corrected chi connectivity index (χ4v) is 4.42. The fourth-order valence-electron chi connectivity index (χ4n) is 2.82. The number of fused-ring (bicyclic) bond motifs is 1. The Labute approximate surface area is 186 Å². The number of carbonyl (C=O) groups is 1. The van der Waals surface area contributed by atoms with Crippen molar-refractivity contribution in [1.82, 2.24) is 9.88 Å². The molecule has 1 aromatic heterocycles. The van der Waals surface area contributed by atoms with E-state index >= 15 is 0 Å². The van der Waals surface area contributed by atoms with Gasteiger partial charge in [0.05, 0.1) is 22.4 Å². The molecule has 0 radical (unpaired) electrons. The normalized spacial score (nSPS) is 10.8. The molecule has 0 bridgehead atoms. The van der Waals surface area contributed by atoms with Gasteiger partial charge in [-0.15, -0.1) is 24.2 Å². The molecule has 156 valence electrons. The molecular formula is C21H26ClN3O2S2. The average Bonchev–Trinajstić information content (AvgIpc) is 3.11. The van der Waals surface area contributed by atoms with Crippen LogP contribution in [0.4, 0.5) is 5.13 Å². The zero-order valence-corrected chi connectivity index (χ0v) is 19.5. The fraction of sp³-hybridized carbons (Fsp3) is 0.333. The number of aromatic nitrogens is 1. The summed E-state index contributed by atoms with van der Waals surface area (Å²) in [6, 6.07) is 13.6. The molecule has 1 heterocycles. The van der Waals surface area contributed by atoms with E-state index in [-0.39, 0.29) is 18.3 Å². The van der Waals surface area contributed by atoms with Crippen molar-refractivity contribution < 1.29 is 9.53 Å². The standard InChI is InChI=1S/C21H25N3O2S2.ClH/c1-5-26-15-10-11-17-19(14-15)28-21(22-17)24(13-12-23(2)3)20(25)16-8-6-7-9-18(16)27-4;/h6-11,14H,5,12-13H2,1-4H3;1H. The summed E-state index contributed by atoms with van der Waals surface area (Å²) in [6.07, 6.45) is 1.99. The number of nitrogens with zero attached hydrogens (tertiary/aromatic N) is 3. The van der Waals surface area contributed by atoms with Crippen LogP contribution in [0.15, 0.2) is 47.4 Å². The topological polar surface area (TPSA) is 45.7 Å². The van der Waals surface area contributed by atoms with Crippen molar-refractivity contribution in [1.29, 1.82) is 0 Å². The van der Waals surface area contributed by atoms with E-state index in [1.807, 2.05) is 69.7 Å². The smallest absolute Gasteiger partial charge is 0.261 e. The third-order valence-corrected chi connectivity index (χ3v) is 6.08. The molecule has 0 aliphatic carbocycles. The Kier molecular flexibility index (Phi) is 8.77. The number of anilines is 1. The molecule has 3 rings (SSSR count). The number of amides is 1. The van der Waals surface area contributed by atoms with E-state index in [0.29, 0.717) is 23.8 Å². The zero-order valence-electron chi connectivity index (χ0n) is 17.0. The highest BCUT2D eigenvalue weighted by Gasteiger charge is 2.23. The molecule has 0 aliphatic heterocycles. The van der Waals surface area contributed by atoms with Gasteiger partial charge in [0.15, 0.2) is 5.13 Å². The van der Waals surface area contributed by atoms with Crippen LogP contribution >= 0.6 is 35.5 Å². The maximum atomic E-state index is 13.4. The summed E-state index contributed by atoms with van der Waals surface area (Å²) in [6.45, 7) is 3.92. The minimum Gasteiger partial charge on any atom is -0.494 e. The van der Waals surface area contributed by atoms with Crippen LogP contribution < -0.4 is 9.64 Å². The summed E-state index contributed by atoms with van der Waals surface area (Å²) in [5, 5.41) is 0.714. The van der Waals surface area contributed by atoms with Gasteiger partial charge in [0, 0.05) is 18.0 Å². The van der Waals surface area contributed by atoms with E-state index < -0.39 is 0 Å². The summed E-state index contributed by atoms with van der Waals surface area (Å²) < 4.78 is 6.61. The van der Waals surface area contributed by atoms with Crippen molar-refractivity contribution in [3.05, 3.63) is 48.0 Å². The lowest BCUT2D eigenvalue weighted by Crippen LogP contribution is -2.37. The molecule has 0 spiro atoms. The van der Waals surface area contributed by atoms with Crippen molar-refractivity contribution in [2.75, 3.05) is 44.9 Å². The van der Waals surface area contributed by atoms with E-state index in [2.05, 4.69) is 4.90 Å². The number of hydrogen-bond donors (Lipinski definition) is 0. The number of carbonyl (C=O) groups excluding carboxylic acids is 1. The first-order valence-electron chi connectivity index (χ1n) is 9.16. The molecule has 2 aromatic carbocycles. The van der Waals surface area contributed by atoms with E-state index in [1.165, 1.54) is 11.3 Å².